The maximum atomic E-state index is 6.27. The number of halogens is 1. The molecule has 1 N–H and O–H groups in total. The van der Waals surface area contributed by atoms with Gasteiger partial charge in [0.2, 0.25) is 0 Å². The minimum absolute atomic E-state index is 0.386. The second-order valence-corrected chi connectivity index (χ2v) is 15.0. The van der Waals surface area contributed by atoms with Crippen LogP contribution >= 0.6 is 22.9 Å². The molecule has 0 aromatic heterocycles. The predicted molar refractivity (Wildman–Crippen MR) is 137 cm³/mol. The molecule has 5 aliphatic carbocycles. The summed E-state index contributed by atoms with van der Waals surface area (Å²) in [5.41, 5.74) is 2.50. The average molecular weight is 543 g/mol. The molecule has 5 rings (SSSR count). The molecule has 0 aromatic rings. The summed E-state index contributed by atoms with van der Waals surface area (Å²) in [6, 6.07) is 1.25. The Morgan fingerprint density at radius 2 is 1.61 bits per heavy atom. The van der Waals surface area contributed by atoms with Crippen LogP contribution in [0.4, 0.5) is 0 Å². The number of hydrogen-bond donors (Lipinski definition) is 1. The second-order valence-electron chi connectivity index (χ2n) is 13.5. The summed E-state index contributed by atoms with van der Waals surface area (Å²) in [6.07, 6.45) is 11.8. The van der Waals surface area contributed by atoms with Gasteiger partial charge in [0.25, 0.3) is 0 Å². The highest BCUT2D eigenvalue weighted by Gasteiger charge is 2.82. The number of fused-ring (bicyclic) bond motifs is 2. The third-order valence-corrected chi connectivity index (χ3v) is 13.8. The molecule has 178 valence electrons. The Labute approximate surface area is 205 Å². The van der Waals surface area contributed by atoms with Crippen LogP contribution in [0.3, 0.4) is 0 Å². The molecule has 3 nitrogen and oxygen atoms in total. The van der Waals surface area contributed by atoms with Crippen molar-refractivity contribution in [1.29, 1.82) is 0 Å². The number of rotatable bonds is 4. The zero-order valence-corrected chi connectivity index (χ0v) is 23.5. The Morgan fingerprint density at radius 1 is 0.968 bits per heavy atom. The van der Waals surface area contributed by atoms with Crippen molar-refractivity contribution >= 4 is 22.9 Å². The summed E-state index contributed by atoms with van der Waals surface area (Å²) < 4.78 is 8.70. The highest BCUT2D eigenvalue weighted by Crippen LogP contribution is 2.89. The number of nitrogens with one attached hydrogen (secondary N) is 1. The molecular weight excluding hydrogens is 495 g/mol. The molecule has 5 aliphatic rings. The molecular formula is C27H47IN2O. The molecule has 5 fully saturated rings. The standard InChI is InChI=1S/C27H47IN2O/c1-17(30(7)28)22-18(31-8)15-25(5)20-10-9-19-23(2,3)21(29-6)11-12-26(19)16-27(20,26)14-13-24(22,25)4/h17-22,29H,9-16H2,1-8H3/t17-,18+,19-,20-,21-,22?,24+,25-,26?,27-/m0/s1. The lowest BCUT2D eigenvalue weighted by atomic mass is 9.42. The molecule has 0 saturated heterocycles. The summed E-state index contributed by atoms with van der Waals surface area (Å²) in [4.78, 5) is 0. The van der Waals surface area contributed by atoms with Crippen LogP contribution in [0.15, 0.2) is 0 Å². The van der Waals surface area contributed by atoms with Crippen LogP contribution in [0, 0.1) is 44.8 Å². The molecule has 10 atom stereocenters. The zero-order valence-electron chi connectivity index (χ0n) is 21.4. The first-order chi connectivity index (χ1) is 14.4. The van der Waals surface area contributed by atoms with Crippen molar-refractivity contribution in [2.45, 2.75) is 104 Å². The predicted octanol–water partition coefficient (Wildman–Crippen LogP) is 6.31. The van der Waals surface area contributed by atoms with Gasteiger partial charge in [-0.05, 0) is 111 Å². The van der Waals surface area contributed by atoms with Gasteiger partial charge in [-0.2, -0.15) is 0 Å². The van der Waals surface area contributed by atoms with Crippen molar-refractivity contribution in [2.24, 2.45) is 44.8 Å². The van der Waals surface area contributed by atoms with Gasteiger partial charge < -0.3 is 10.1 Å². The van der Waals surface area contributed by atoms with Crippen LogP contribution in [-0.2, 0) is 4.74 Å². The van der Waals surface area contributed by atoms with Crippen molar-refractivity contribution in [1.82, 2.24) is 8.43 Å². The van der Waals surface area contributed by atoms with Crippen LogP contribution in [-0.4, -0.2) is 42.5 Å². The van der Waals surface area contributed by atoms with Crippen molar-refractivity contribution in [2.75, 3.05) is 21.2 Å². The van der Waals surface area contributed by atoms with Crippen LogP contribution in [0.5, 0.6) is 0 Å². The molecule has 5 saturated carbocycles. The smallest absolute Gasteiger partial charge is 0.0625 e. The van der Waals surface area contributed by atoms with Crippen molar-refractivity contribution in [3.8, 4) is 0 Å². The summed E-state index contributed by atoms with van der Waals surface area (Å²) in [6.45, 7) is 13.0. The normalized spacial score (nSPS) is 55.7. The molecule has 0 radical (unpaired) electrons. The van der Waals surface area contributed by atoms with E-state index >= 15 is 0 Å². The van der Waals surface area contributed by atoms with Gasteiger partial charge in [-0.3, -0.25) is 0 Å². The first kappa shape index (κ1) is 23.4. The fourth-order valence-corrected chi connectivity index (χ4v) is 11.6. The van der Waals surface area contributed by atoms with E-state index in [1.54, 1.807) is 0 Å². The van der Waals surface area contributed by atoms with E-state index in [0.717, 1.165) is 11.8 Å². The maximum Gasteiger partial charge on any atom is 0.0625 e. The lowest BCUT2D eigenvalue weighted by Gasteiger charge is -2.63. The summed E-state index contributed by atoms with van der Waals surface area (Å²) in [5.74, 6) is 2.43. The molecule has 0 aliphatic heterocycles. The molecule has 31 heavy (non-hydrogen) atoms. The Kier molecular flexibility index (Phi) is 5.33. The van der Waals surface area contributed by atoms with Gasteiger partial charge in [-0.1, -0.05) is 27.7 Å². The Balaban J connectivity index is 1.52. The highest BCUT2D eigenvalue weighted by molar-refractivity contribution is 14.1. The lowest BCUT2D eigenvalue weighted by Crippen LogP contribution is -2.59. The van der Waals surface area contributed by atoms with Gasteiger partial charge >= 0.3 is 0 Å². The van der Waals surface area contributed by atoms with Crippen LogP contribution in [0.2, 0.25) is 0 Å². The summed E-state index contributed by atoms with van der Waals surface area (Å²) >= 11 is 2.51. The van der Waals surface area contributed by atoms with Gasteiger partial charge in [-0.15, -0.1) is 0 Å². The van der Waals surface area contributed by atoms with Gasteiger partial charge in [0.15, 0.2) is 0 Å². The molecule has 0 bridgehead atoms. The number of methoxy groups -OCH3 is 1. The Morgan fingerprint density at radius 3 is 2.23 bits per heavy atom. The first-order valence-corrected chi connectivity index (χ1v) is 14.0. The van der Waals surface area contributed by atoms with Crippen molar-refractivity contribution in [3.63, 3.8) is 0 Å². The second kappa shape index (κ2) is 7.07. The lowest BCUT2D eigenvalue weighted by molar-refractivity contribution is -0.145. The number of hydrogen-bond acceptors (Lipinski definition) is 3. The van der Waals surface area contributed by atoms with Gasteiger partial charge in [-0.25, -0.2) is 3.11 Å². The first-order valence-electron chi connectivity index (χ1n) is 13.0. The fraction of sp³-hybridized carbons (Fsp3) is 1.00. The van der Waals surface area contributed by atoms with Gasteiger partial charge in [0.1, 0.15) is 0 Å². The van der Waals surface area contributed by atoms with Gasteiger partial charge in [0.05, 0.1) is 6.10 Å². The van der Waals surface area contributed by atoms with Crippen LogP contribution in [0.25, 0.3) is 0 Å². The van der Waals surface area contributed by atoms with E-state index in [2.05, 4.69) is 80.0 Å². The van der Waals surface area contributed by atoms with Crippen LogP contribution < -0.4 is 5.32 Å². The minimum atomic E-state index is 0.386. The topological polar surface area (TPSA) is 24.5 Å². The third-order valence-electron chi connectivity index (χ3n) is 12.9. The van der Waals surface area contributed by atoms with E-state index < -0.39 is 0 Å². The number of ether oxygens (including phenoxy) is 1. The van der Waals surface area contributed by atoms with E-state index in [4.69, 9.17) is 4.74 Å². The maximum absolute atomic E-state index is 6.27. The molecule has 2 spiro atoms. The molecule has 4 heteroatoms. The van der Waals surface area contributed by atoms with Crippen LogP contribution in [0.1, 0.15) is 86.0 Å². The molecule has 0 aromatic carbocycles. The van der Waals surface area contributed by atoms with Gasteiger partial charge in [0, 0.05) is 48.0 Å². The van der Waals surface area contributed by atoms with E-state index in [1.165, 1.54) is 51.4 Å². The molecule has 0 amide bonds. The SMILES string of the molecule is CN[C@H]1CCC23C[C@]24CC[C@]2(C)C([C@H](C)N(C)I)[C@H](OC)C[C@@]2(C)[C@@H]4CC[C@H]3C1(C)C. The van der Waals surface area contributed by atoms with Crippen molar-refractivity contribution < 1.29 is 4.74 Å². The zero-order chi connectivity index (χ0) is 22.6. The third kappa shape index (κ3) is 2.63. The summed E-state index contributed by atoms with van der Waals surface area (Å²) in [5, 5.41) is 3.70. The average Bonchev–Trinajstić information content (AvgIpc) is 3.31. The molecule has 2 unspecified atom stereocenters. The fourth-order valence-electron chi connectivity index (χ4n) is 11.3. The van der Waals surface area contributed by atoms with E-state index in [0.29, 0.717) is 51.2 Å². The van der Waals surface area contributed by atoms with E-state index in [9.17, 15) is 0 Å². The largest absolute Gasteiger partial charge is 0.381 e. The summed E-state index contributed by atoms with van der Waals surface area (Å²) in [7, 11) is 6.43. The Hall–Kier alpha value is 0.610. The van der Waals surface area contributed by atoms with E-state index in [-0.39, 0.29) is 0 Å². The number of nitrogens with zero attached hydrogens (tertiary/aromatic N) is 1. The minimum Gasteiger partial charge on any atom is -0.381 e. The quantitative estimate of drug-likeness (QED) is 0.333. The Bertz CT molecular complexity index is 741. The van der Waals surface area contributed by atoms with E-state index in [1.807, 2.05) is 7.11 Å². The highest BCUT2D eigenvalue weighted by atomic mass is 127. The van der Waals surface area contributed by atoms with Crippen molar-refractivity contribution in [3.05, 3.63) is 0 Å². The molecule has 0 heterocycles. The monoisotopic (exact) mass is 542 g/mol.